The van der Waals surface area contributed by atoms with E-state index >= 15 is 0 Å². The molecule has 0 aromatic heterocycles. The Balaban J connectivity index is 1.92. The van der Waals surface area contributed by atoms with Crippen molar-refractivity contribution in [2.24, 2.45) is 0 Å². The van der Waals surface area contributed by atoms with Crippen molar-refractivity contribution in [3.05, 3.63) is 59.2 Å². The third kappa shape index (κ3) is 4.04. The summed E-state index contributed by atoms with van der Waals surface area (Å²) in [5.74, 6) is -6.27. The molecular formula is C23H26F4. The standard InChI is InChI=1S/C23H26F4/c1-2-3-5-12-23(13-6-4-7-14-23)17-10-8-16(9-11-17)18-15-19(24)21(26)22(27)20(18)25/h8-11,15H,2-7,12-14H2,1H3. The van der Waals surface area contributed by atoms with Crippen molar-refractivity contribution in [2.45, 2.75) is 70.1 Å². The Morgan fingerprint density at radius 3 is 2.11 bits per heavy atom. The maximum atomic E-state index is 14.1. The maximum Gasteiger partial charge on any atom is 0.198 e. The molecule has 1 aliphatic carbocycles. The summed E-state index contributed by atoms with van der Waals surface area (Å²) < 4.78 is 54.4. The topological polar surface area (TPSA) is 0 Å². The Bertz CT molecular complexity index is 774. The van der Waals surface area contributed by atoms with Crippen LogP contribution < -0.4 is 0 Å². The molecule has 0 aliphatic heterocycles. The molecule has 2 aromatic rings. The fraction of sp³-hybridized carbons (Fsp3) is 0.478. The zero-order chi connectivity index (χ0) is 19.4. The quantitative estimate of drug-likeness (QED) is 0.209. The van der Waals surface area contributed by atoms with Gasteiger partial charge in [0.1, 0.15) is 0 Å². The number of hydrogen-bond donors (Lipinski definition) is 0. The molecule has 0 spiro atoms. The minimum absolute atomic E-state index is 0.143. The SMILES string of the molecule is CCCCCC1(c2ccc(-c3cc(F)c(F)c(F)c3F)cc2)CCCCC1. The summed E-state index contributed by atoms with van der Waals surface area (Å²) in [7, 11) is 0. The van der Waals surface area contributed by atoms with Crippen molar-refractivity contribution in [3.63, 3.8) is 0 Å². The Morgan fingerprint density at radius 2 is 1.48 bits per heavy atom. The third-order valence-electron chi connectivity index (χ3n) is 5.98. The molecule has 0 N–H and O–H groups in total. The highest BCUT2D eigenvalue weighted by molar-refractivity contribution is 5.65. The predicted octanol–water partition coefficient (Wildman–Crippen LogP) is 7.69. The van der Waals surface area contributed by atoms with Gasteiger partial charge in [0.15, 0.2) is 23.3 Å². The zero-order valence-electron chi connectivity index (χ0n) is 15.8. The largest absolute Gasteiger partial charge is 0.204 e. The van der Waals surface area contributed by atoms with Crippen LogP contribution in [0.1, 0.15) is 70.3 Å². The molecule has 4 heteroatoms. The minimum atomic E-state index is -1.77. The molecule has 0 nitrogen and oxygen atoms in total. The summed E-state index contributed by atoms with van der Waals surface area (Å²) in [4.78, 5) is 0. The van der Waals surface area contributed by atoms with Gasteiger partial charge in [0.25, 0.3) is 0 Å². The van der Waals surface area contributed by atoms with Gasteiger partial charge in [0, 0.05) is 5.56 Å². The predicted molar refractivity (Wildman–Crippen MR) is 101 cm³/mol. The Morgan fingerprint density at radius 1 is 0.815 bits per heavy atom. The Labute approximate surface area is 158 Å². The lowest BCUT2D eigenvalue weighted by atomic mass is 9.66. The van der Waals surface area contributed by atoms with Crippen LogP contribution in [0.4, 0.5) is 17.6 Å². The van der Waals surface area contributed by atoms with Crippen molar-refractivity contribution in [2.75, 3.05) is 0 Å². The van der Waals surface area contributed by atoms with E-state index in [0.29, 0.717) is 5.56 Å². The molecule has 3 rings (SSSR count). The van der Waals surface area contributed by atoms with Crippen molar-refractivity contribution in [1.29, 1.82) is 0 Å². The van der Waals surface area contributed by atoms with Gasteiger partial charge in [-0.3, -0.25) is 0 Å². The Kier molecular flexibility index (Phi) is 6.23. The second-order valence-corrected chi connectivity index (χ2v) is 7.72. The number of halogens is 4. The van der Waals surface area contributed by atoms with Crippen molar-refractivity contribution in [3.8, 4) is 11.1 Å². The molecule has 1 fully saturated rings. The molecule has 1 aliphatic rings. The first-order valence-electron chi connectivity index (χ1n) is 9.92. The van der Waals surface area contributed by atoms with E-state index in [1.54, 1.807) is 12.1 Å². The summed E-state index contributed by atoms with van der Waals surface area (Å²) in [6, 6.07) is 8.01. The molecule has 0 saturated heterocycles. The van der Waals surface area contributed by atoms with Crippen LogP contribution in [0.2, 0.25) is 0 Å². The van der Waals surface area contributed by atoms with Crippen LogP contribution >= 0.6 is 0 Å². The molecule has 0 atom stereocenters. The van der Waals surface area contributed by atoms with Gasteiger partial charge in [0.2, 0.25) is 0 Å². The van der Waals surface area contributed by atoms with Crippen LogP contribution in [0.3, 0.4) is 0 Å². The Hall–Kier alpha value is -1.84. The van der Waals surface area contributed by atoms with Gasteiger partial charge in [-0.05, 0) is 41.9 Å². The normalized spacial score (nSPS) is 16.5. The summed E-state index contributed by atoms with van der Waals surface area (Å²) >= 11 is 0. The number of rotatable bonds is 6. The van der Waals surface area contributed by atoms with Gasteiger partial charge in [-0.2, -0.15) is 0 Å². The number of unbranched alkanes of at least 4 members (excludes halogenated alkanes) is 2. The average molecular weight is 378 g/mol. The lowest BCUT2D eigenvalue weighted by Crippen LogP contribution is -2.29. The van der Waals surface area contributed by atoms with Gasteiger partial charge < -0.3 is 0 Å². The van der Waals surface area contributed by atoms with Crippen molar-refractivity contribution < 1.29 is 17.6 Å². The van der Waals surface area contributed by atoms with Gasteiger partial charge in [-0.15, -0.1) is 0 Å². The van der Waals surface area contributed by atoms with E-state index in [1.165, 1.54) is 44.1 Å². The number of hydrogen-bond acceptors (Lipinski definition) is 0. The molecule has 27 heavy (non-hydrogen) atoms. The molecule has 0 unspecified atom stereocenters. The van der Waals surface area contributed by atoms with Crippen molar-refractivity contribution >= 4 is 0 Å². The molecule has 0 radical (unpaired) electrons. The summed E-state index contributed by atoms with van der Waals surface area (Å²) in [5.41, 5.74) is 1.46. The molecule has 2 aromatic carbocycles. The van der Waals surface area contributed by atoms with Gasteiger partial charge >= 0.3 is 0 Å². The van der Waals surface area contributed by atoms with Crippen LogP contribution in [-0.2, 0) is 5.41 Å². The highest BCUT2D eigenvalue weighted by Gasteiger charge is 2.33. The smallest absolute Gasteiger partial charge is 0.198 e. The van der Waals surface area contributed by atoms with Crippen LogP contribution in [0, 0.1) is 23.3 Å². The summed E-state index contributed by atoms with van der Waals surface area (Å²) in [6.45, 7) is 2.19. The number of benzene rings is 2. The molecule has 146 valence electrons. The minimum Gasteiger partial charge on any atom is -0.204 e. The second kappa shape index (κ2) is 8.45. The lowest BCUT2D eigenvalue weighted by Gasteiger charge is -2.38. The molecule has 1 saturated carbocycles. The molecule has 0 amide bonds. The van der Waals surface area contributed by atoms with E-state index in [2.05, 4.69) is 6.92 Å². The molecular weight excluding hydrogens is 352 g/mol. The van der Waals surface area contributed by atoms with E-state index < -0.39 is 23.3 Å². The highest BCUT2D eigenvalue weighted by atomic mass is 19.2. The first-order chi connectivity index (χ1) is 13.0. The molecule has 0 bridgehead atoms. The monoisotopic (exact) mass is 378 g/mol. The lowest BCUT2D eigenvalue weighted by molar-refractivity contribution is 0.266. The van der Waals surface area contributed by atoms with E-state index in [-0.39, 0.29) is 11.0 Å². The van der Waals surface area contributed by atoms with Crippen molar-refractivity contribution in [1.82, 2.24) is 0 Å². The second-order valence-electron chi connectivity index (χ2n) is 7.72. The first-order valence-corrected chi connectivity index (χ1v) is 9.92. The van der Waals surface area contributed by atoms with Crippen LogP contribution in [0.15, 0.2) is 30.3 Å². The van der Waals surface area contributed by atoms with Gasteiger partial charge in [-0.1, -0.05) is 69.7 Å². The van der Waals surface area contributed by atoms with Gasteiger partial charge in [0.05, 0.1) is 0 Å². The highest BCUT2D eigenvalue weighted by Crippen LogP contribution is 2.44. The maximum absolute atomic E-state index is 14.1. The third-order valence-corrected chi connectivity index (χ3v) is 5.98. The molecule has 0 heterocycles. The zero-order valence-corrected chi connectivity index (χ0v) is 15.8. The van der Waals surface area contributed by atoms with E-state index in [9.17, 15) is 17.6 Å². The van der Waals surface area contributed by atoms with E-state index in [1.807, 2.05) is 12.1 Å². The van der Waals surface area contributed by atoms with Crippen LogP contribution in [-0.4, -0.2) is 0 Å². The van der Waals surface area contributed by atoms with Crippen LogP contribution in [0.25, 0.3) is 11.1 Å². The van der Waals surface area contributed by atoms with Gasteiger partial charge in [-0.25, -0.2) is 17.6 Å². The van der Waals surface area contributed by atoms with E-state index in [4.69, 9.17) is 0 Å². The van der Waals surface area contributed by atoms with Crippen LogP contribution in [0.5, 0.6) is 0 Å². The average Bonchev–Trinajstić information content (AvgIpc) is 2.70. The first kappa shape index (κ1) is 19.9. The summed E-state index contributed by atoms with van der Waals surface area (Å²) in [6.07, 6.45) is 10.7. The fourth-order valence-electron chi connectivity index (χ4n) is 4.41. The summed E-state index contributed by atoms with van der Waals surface area (Å²) in [5, 5.41) is 0. The fourth-order valence-corrected chi connectivity index (χ4v) is 4.41. The van der Waals surface area contributed by atoms with E-state index in [0.717, 1.165) is 25.3 Å².